The zero-order valence-corrected chi connectivity index (χ0v) is 21.1. The van der Waals surface area contributed by atoms with E-state index in [-0.39, 0.29) is 18.3 Å². The predicted molar refractivity (Wildman–Crippen MR) is 114 cm³/mol. The molecular weight excluding hydrogens is 364 g/mol. The van der Waals surface area contributed by atoms with Gasteiger partial charge in [0.15, 0.2) is 25.0 Å². The summed E-state index contributed by atoms with van der Waals surface area (Å²) in [5, 5.41) is 0. The lowest BCUT2D eigenvalue weighted by Gasteiger charge is -2.44. The van der Waals surface area contributed by atoms with Gasteiger partial charge in [-0.1, -0.05) is 20.8 Å². The highest BCUT2D eigenvalue weighted by molar-refractivity contribution is 6.72. The summed E-state index contributed by atoms with van der Waals surface area (Å²) in [4.78, 5) is 0. The van der Waals surface area contributed by atoms with Crippen molar-refractivity contribution in [3.8, 4) is 0 Å². The van der Waals surface area contributed by atoms with Crippen molar-refractivity contribution in [2.75, 3.05) is 13.2 Å². The van der Waals surface area contributed by atoms with Crippen molar-refractivity contribution in [2.45, 2.75) is 103 Å². The van der Waals surface area contributed by atoms with Crippen LogP contribution in [0.1, 0.15) is 27.2 Å². The Morgan fingerprint density at radius 1 is 0.800 bits per heavy atom. The maximum Gasteiger partial charge on any atom is 0.187 e. The van der Waals surface area contributed by atoms with Gasteiger partial charge in [-0.2, -0.15) is 0 Å². The molecule has 0 aromatic rings. The standard InChI is InChI=1S/C18H42O4Si3/c1-10-23(4,5)20-15-17-18(22-25(8,9)12-3)16(13-14-19-17)21-24(6,7)11-2/h16-18H,10-15H2,1-9H3/t16-,17-,18-/m1/s1. The first kappa shape index (κ1) is 23.5. The van der Waals surface area contributed by atoms with Crippen LogP contribution in [0, 0.1) is 0 Å². The summed E-state index contributed by atoms with van der Waals surface area (Å²) in [6.45, 7) is 21.8. The molecule has 1 saturated heterocycles. The van der Waals surface area contributed by atoms with Gasteiger partial charge in [0.1, 0.15) is 6.10 Å². The summed E-state index contributed by atoms with van der Waals surface area (Å²) in [5.41, 5.74) is 0. The van der Waals surface area contributed by atoms with E-state index in [4.69, 9.17) is 18.0 Å². The molecule has 0 radical (unpaired) electrons. The van der Waals surface area contributed by atoms with Crippen molar-refractivity contribution >= 4 is 25.0 Å². The molecule has 3 atom stereocenters. The summed E-state index contributed by atoms with van der Waals surface area (Å²) < 4.78 is 25.8. The third-order valence-corrected chi connectivity index (χ3v) is 13.5. The monoisotopic (exact) mass is 406 g/mol. The lowest BCUT2D eigenvalue weighted by molar-refractivity contribution is -0.133. The largest absolute Gasteiger partial charge is 0.415 e. The van der Waals surface area contributed by atoms with Gasteiger partial charge in [-0.25, -0.2) is 0 Å². The Balaban J connectivity index is 2.91. The molecule has 0 bridgehead atoms. The van der Waals surface area contributed by atoms with E-state index in [9.17, 15) is 0 Å². The quantitative estimate of drug-likeness (QED) is 0.465. The highest BCUT2D eigenvalue weighted by Gasteiger charge is 2.42. The molecule has 0 N–H and O–H groups in total. The van der Waals surface area contributed by atoms with Crippen LogP contribution in [0.3, 0.4) is 0 Å². The topological polar surface area (TPSA) is 36.9 Å². The first-order valence-corrected chi connectivity index (χ1v) is 19.4. The van der Waals surface area contributed by atoms with Crippen LogP contribution in [-0.2, 0) is 18.0 Å². The number of hydrogen-bond acceptors (Lipinski definition) is 4. The zero-order chi connectivity index (χ0) is 19.3. The fraction of sp³-hybridized carbons (Fsp3) is 1.00. The minimum atomic E-state index is -1.71. The summed E-state index contributed by atoms with van der Waals surface area (Å²) in [6, 6.07) is 3.35. The van der Waals surface area contributed by atoms with Crippen molar-refractivity contribution < 1.29 is 18.0 Å². The van der Waals surface area contributed by atoms with Crippen LogP contribution in [0.25, 0.3) is 0 Å². The third kappa shape index (κ3) is 7.94. The second kappa shape index (κ2) is 9.61. The van der Waals surface area contributed by atoms with Crippen molar-refractivity contribution in [3.05, 3.63) is 0 Å². The average molecular weight is 407 g/mol. The summed E-state index contributed by atoms with van der Waals surface area (Å²) in [5.74, 6) is 0. The van der Waals surface area contributed by atoms with Crippen molar-refractivity contribution in [3.63, 3.8) is 0 Å². The predicted octanol–water partition coefficient (Wildman–Crippen LogP) is 5.24. The Morgan fingerprint density at radius 3 is 1.84 bits per heavy atom. The Morgan fingerprint density at radius 2 is 1.32 bits per heavy atom. The zero-order valence-electron chi connectivity index (χ0n) is 18.1. The molecule has 0 amide bonds. The second-order valence-electron chi connectivity index (χ2n) is 9.09. The molecule has 150 valence electrons. The van der Waals surface area contributed by atoms with Gasteiger partial charge in [-0.15, -0.1) is 0 Å². The molecule has 4 nitrogen and oxygen atoms in total. The lowest BCUT2D eigenvalue weighted by atomic mass is 10.0. The first-order valence-electron chi connectivity index (χ1n) is 10.1. The highest BCUT2D eigenvalue weighted by atomic mass is 28.4. The minimum Gasteiger partial charge on any atom is -0.415 e. The Bertz CT molecular complexity index is 402. The summed E-state index contributed by atoms with van der Waals surface area (Å²) in [7, 11) is -4.94. The van der Waals surface area contributed by atoms with Crippen molar-refractivity contribution in [2.24, 2.45) is 0 Å². The van der Waals surface area contributed by atoms with Crippen LogP contribution < -0.4 is 0 Å². The summed E-state index contributed by atoms with van der Waals surface area (Å²) in [6.07, 6.45) is 1.08. The maximum absolute atomic E-state index is 6.69. The van der Waals surface area contributed by atoms with Gasteiger partial charge in [0, 0.05) is 6.61 Å². The molecule has 1 aliphatic rings. The second-order valence-corrected chi connectivity index (χ2v) is 22.5. The normalized spacial score (nSPS) is 26.0. The molecular formula is C18H42O4Si3. The molecule has 7 heteroatoms. The van der Waals surface area contributed by atoms with Crippen molar-refractivity contribution in [1.82, 2.24) is 0 Å². The molecule has 1 heterocycles. The maximum atomic E-state index is 6.69. The van der Waals surface area contributed by atoms with Crippen LogP contribution in [0.4, 0.5) is 0 Å². The Hall–Kier alpha value is 0.491. The fourth-order valence-corrected chi connectivity index (χ4v) is 5.87. The van der Waals surface area contributed by atoms with E-state index in [0.29, 0.717) is 6.61 Å². The number of rotatable bonds is 10. The van der Waals surface area contributed by atoms with E-state index in [1.165, 1.54) is 0 Å². The van der Waals surface area contributed by atoms with E-state index in [1.54, 1.807) is 0 Å². The van der Waals surface area contributed by atoms with Crippen LogP contribution >= 0.6 is 0 Å². The summed E-state index contributed by atoms with van der Waals surface area (Å²) >= 11 is 0. The fourth-order valence-electron chi connectivity index (χ4n) is 2.61. The van der Waals surface area contributed by atoms with E-state index in [2.05, 4.69) is 60.1 Å². The molecule has 1 rings (SSSR count). The van der Waals surface area contributed by atoms with Gasteiger partial charge >= 0.3 is 0 Å². The van der Waals surface area contributed by atoms with Gasteiger partial charge in [-0.3, -0.25) is 0 Å². The number of ether oxygens (including phenoxy) is 1. The SMILES string of the molecule is CC[Si](C)(C)OC[C@H]1OCC[C@@H](O[Si](C)(C)CC)[C@H]1O[Si](C)(C)CC. The molecule has 0 aromatic heterocycles. The van der Waals surface area contributed by atoms with Gasteiger partial charge < -0.3 is 18.0 Å². The first-order chi connectivity index (χ1) is 11.5. The smallest absolute Gasteiger partial charge is 0.187 e. The van der Waals surface area contributed by atoms with Gasteiger partial charge in [0.25, 0.3) is 0 Å². The molecule has 0 unspecified atom stereocenters. The van der Waals surface area contributed by atoms with Gasteiger partial charge in [0.2, 0.25) is 0 Å². The molecule has 0 aliphatic carbocycles. The van der Waals surface area contributed by atoms with E-state index in [0.717, 1.165) is 31.2 Å². The van der Waals surface area contributed by atoms with E-state index >= 15 is 0 Å². The molecule has 1 aliphatic heterocycles. The molecule has 25 heavy (non-hydrogen) atoms. The van der Waals surface area contributed by atoms with Crippen LogP contribution in [0.2, 0.25) is 57.4 Å². The minimum absolute atomic E-state index is 0.00273. The van der Waals surface area contributed by atoms with Crippen molar-refractivity contribution in [1.29, 1.82) is 0 Å². The molecule has 0 aromatic carbocycles. The molecule has 0 saturated carbocycles. The third-order valence-electron chi connectivity index (χ3n) is 5.59. The van der Waals surface area contributed by atoms with E-state index < -0.39 is 25.0 Å². The number of hydrogen-bond donors (Lipinski definition) is 0. The average Bonchev–Trinajstić information content (AvgIpc) is 2.55. The van der Waals surface area contributed by atoms with Crippen LogP contribution in [0.15, 0.2) is 0 Å². The van der Waals surface area contributed by atoms with Crippen LogP contribution in [-0.4, -0.2) is 56.5 Å². The lowest BCUT2D eigenvalue weighted by Crippen LogP contribution is -2.56. The Kier molecular flexibility index (Phi) is 9.05. The Labute approximate surface area is 159 Å². The van der Waals surface area contributed by atoms with Gasteiger partial charge in [-0.05, 0) is 63.8 Å². The molecule has 0 spiro atoms. The van der Waals surface area contributed by atoms with Gasteiger partial charge in [0.05, 0.1) is 18.8 Å². The highest BCUT2D eigenvalue weighted by Crippen LogP contribution is 2.29. The van der Waals surface area contributed by atoms with Crippen LogP contribution in [0.5, 0.6) is 0 Å². The molecule has 1 fully saturated rings. The van der Waals surface area contributed by atoms with E-state index in [1.807, 2.05) is 0 Å².